The molecule has 1 heterocycles. The van der Waals surface area contributed by atoms with Crippen molar-refractivity contribution in [1.82, 2.24) is 4.98 Å². The minimum absolute atomic E-state index is 0.857. The Balaban J connectivity index is 2.87. The first kappa shape index (κ1) is 9.46. The summed E-state index contributed by atoms with van der Waals surface area (Å²) in [6.45, 7) is 2.05. The zero-order valence-electron chi connectivity index (χ0n) is 8.04. The highest BCUT2D eigenvalue weighted by Gasteiger charge is 2.05. The lowest BCUT2D eigenvalue weighted by molar-refractivity contribution is 0.419. The normalized spacial score (nSPS) is 10.5. The van der Waals surface area contributed by atoms with Crippen molar-refractivity contribution in [2.45, 2.75) is 6.92 Å². The highest BCUT2D eigenvalue weighted by atomic mass is 79.9. The molecule has 2 aromatic rings. The van der Waals surface area contributed by atoms with Crippen LogP contribution in [0.4, 0.5) is 0 Å². The average molecular weight is 252 g/mol. The number of aryl methyl sites for hydroxylation is 1. The van der Waals surface area contributed by atoms with E-state index in [2.05, 4.69) is 27.8 Å². The molecule has 0 radical (unpaired) electrons. The Hall–Kier alpha value is -1.09. The maximum Gasteiger partial charge on any atom is 0.128 e. The highest BCUT2D eigenvalue weighted by molar-refractivity contribution is 9.10. The Morgan fingerprint density at radius 1 is 1.36 bits per heavy atom. The van der Waals surface area contributed by atoms with Crippen LogP contribution in [-0.4, -0.2) is 12.1 Å². The predicted octanol–water partition coefficient (Wildman–Crippen LogP) is 3.31. The summed E-state index contributed by atoms with van der Waals surface area (Å²) in [6.07, 6.45) is 0. The SMILES string of the molecule is COc1cccc2nc(Br)cc(C)c12. The Morgan fingerprint density at radius 2 is 2.14 bits per heavy atom. The topological polar surface area (TPSA) is 22.1 Å². The molecule has 0 aliphatic rings. The number of hydrogen-bond donors (Lipinski definition) is 0. The van der Waals surface area contributed by atoms with Gasteiger partial charge in [-0.2, -0.15) is 0 Å². The summed E-state index contributed by atoms with van der Waals surface area (Å²) in [5, 5.41) is 1.08. The molecule has 0 fully saturated rings. The van der Waals surface area contributed by atoms with E-state index in [1.54, 1.807) is 7.11 Å². The molecule has 0 amide bonds. The third kappa shape index (κ3) is 1.48. The van der Waals surface area contributed by atoms with Crippen molar-refractivity contribution >= 4 is 26.8 Å². The van der Waals surface area contributed by atoms with Crippen LogP contribution in [0.25, 0.3) is 10.9 Å². The van der Waals surface area contributed by atoms with Gasteiger partial charge in [0.25, 0.3) is 0 Å². The minimum Gasteiger partial charge on any atom is -0.496 e. The van der Waals surface area contributed by atoms with Gasteiger partial charge in [0.2, 0.25) is 0 Å². The second-order valence-electron chi connectivity index (χ2n) is 3.12. The molecule has 1 aromatic carbocycles. The zero-order valence-corrected chi connectivity index (χ0v) is 9.63. The molecule has 0 atom stereocenters. The Kier molecular flexibility index (Phi) is 2.42. The van der Waals surface area contributed by atoms with E-state index in [1.807, 2.05) is 24.3 Å². The van der Waals surface area contributed by atoms with Crippen LogP contribution in [-0.2, 0) is 0 Å². The summed E-state index contributed by atoms with van der Waals surface area (Å²) >= 11 is 3.38. The van der Waals surface area contributed by atoms with E-state index in [4.69, 9.17) is 4.74 Å². The van der Waals surface area contributed by atoms with Crippen LogP contribution >= 0.6 is 15.9 Å². The van der Waals surface area contributed by atoms with Crippen LogP contribution in [0.5, 0.6) is 5.75 Å². The van der Waals surface area contributed by atoms with Gasteiger partial charge in [0.05, 0.1) is 12.6 Å². The Labute approximate surface area is 91.0 Å². The smallest absolute Gasteiger partial charge is 0.128 e. The number of rotatable bonds is 1. The number of halogens is 1. The van der Waals surface area contributed by atoms with Gasteiger partial charge in [0, 0.05) is 5.39 Å². The van der Waals surface area contributed by atoms with E-state index in [0.29, 0.717) is 0 Å². The van der Waals surface area contributed by atoms with Crippen LogP contribution < -0.4 is 4.74 Å². The number of pyridine rings is 1. The summed E-state index contributed by atoms with van der Waals surface area (Å²) < 4.78 is 6.15. The molecule has 0 saturated carbocycles. The summed E-state index contributed by atoms with van der Waals surface area (Å²) in [5.41, 5.74) is 2.12. The molecule has 2 rings (SSSR count). The minimum atomic E-state index is 0.857. The van der Waals surface area contributed by atoms with Crippen LogP contribution in [0.2, 0.25) is 0 Å². The summed E-state index contributed by atoms with van der Waals surface area (Å²) in [6, 6.07) is 7.87. The predicted molar refractivity (Wildman–Crippen MR) is 60.7 cm³/mol. The van der Waals surface area contributed by atoms with Crippen molar-refractivity contribution in [2.24, 2.45) is 0 Å². The molecule has 1 aromatic heterocycles. The fourth-order valence-electron chi connectivity index (χ4n) is 1.58. The van der Waals surface area contributed by atoms with Gasteiger partial charge in [-0.3, -0.25) is 0 Å². The van der Waals surface area contributed by atoms with Gasteiger partial charge in [-0.05, 0) is 46.6 Å². The third-order valence-corrected chi connectivity index (χ3v) is 2.59. The van der Waals surface area contributed by atoms with Gasteiger partial charge in [0.15, 0.2) is 0 Å². The molecule has 0 bridgehead atoms. The molecule has 0 aliphatic carbocycles. The van der Waals surface area contributed by atoms with Crippen molar-refractivity contribution in [3.05, 3.63) is 34.4 Å². The third-order valence-electron chi connectivity index (χ3n) is 2.18. The van der Waals surface area contributed by atoms with Crippen molar-refractivity contribution < 1.29 is 4.74 Å². The molecule has 0 unspecified atom stereocenters. The highest BCUT2D eigenvalue weighted by Crippen LogP contribution is 2.28. The molecular formula is C11H10BrNO. The molecular weight excluding hydrogens is 242 g/mol. The summed E-state index contributed by atoms with van der Waals surface area (Å²) in [7, 11) is 1.68. The van der Waals surface area contributed by atoms with Crippen LogP contribution in [0.1, 0.15) is 5.56 Å². The number of ether oxygens (including phenoxy) is 1. The van der Waals surface area contributed by atoms with Gasteiger partial charge >= 0.3 is 0 Å². The number of aromatic nitrogens is 1. The number of hydrogen-bond acceptors (Lipinski definition) is 2. The lowest BCUT2D eigenvalue weighted by Gasteiger charge is -2.07. The monoisotopic (exact) mass is 251 g/mol. The second kappa shape index (κ2) is 3.58. The first-order chi connectivity index (χ1) is 6.72. The van der Waals surface area contributed by atoms with Crippen molar-refractivity contribution in [3.63, 3.8) is 0 Å². The fraction of sp³-hybridized carbons (Fsp3) is 0.182. The molecule has 14 heavy (non-hydrogen) atoms. The van der Waals surface area contributed by atoms with E-state index < -0.39 is 0 Å². The number of nitrogens with zero attached hydrogens (tertiary/aromatic N) is 1. The number of methoxy groups -OCH3 is 1. The quantitative estimate of drug-likeness (QED) is 0.726. The molecule has 72 valence electrons. The number of fused-ring (bicyclic) bond motifs is 1. The van der Waals surface area contributed by atoms with E-state index in [0.717, 1.165) is 21.3 Å². The standard InChI is InChI=1S/C11H10BrNO/c1-7-6-10(12)13-8-4-3-5-9(14-2)11(7)8/h3-6H,1-2H3. The number of benzene rings is 1. The van der Waals surface area contributed by atoms with Gasteiger partial charge < -0.3 is 4.74 Å². The van der Waals surface area contributed by atoms with E-state index in [-0.39, 0.29) is 0 Å². The maximum absolute atomic E-state index is 5.29. The Bertz CT molecular complexity index is 482. The average Bonchev–Trinajstić information content (AvgIpc) is 2.16. The molecule has 0 saturated heterocycles. The van der Waals surface area contributed by atoms with E-state index >= 15 is 0 Å². The van der Waals surface area contributed by atoms with Gasteiger partial charge in [-0.15, -0.1) is 0 Å². The van der Waals surface area contributed by atoms with Crippen LogP contribution in [0.3, 0.4) is 0 Å². The zero-order chi connectivity index (χ0) is 10.1. The van der Waals surface area contributed by atoms with Crippen molar-refractivity contribution in [3.8, 4) is 5.75 Å². The van der Waals surface area contributed by atoms with Gasteiger partial charge in [-0.25, -0.2) is 4.98 Å². The Morgan fingerprint density at radius 3 is 2.86 bits per heavy atom. The lowest BCUT2D eigenvalue weighted by Crippen LogP contribution is -1.89. The summed E-state index contributed by atoms with van der Waals surface area (Å²) in [4.78, 5) is 4.38. The van der Waals surface area contributed by atoms with Gasteiger partial charge in [-0.1, -0.05) is 6.07 Å². The summed E-state index contributed by atoms with van der Waals surface area (Å²) in [5.74, 6) is 0.875. The largest absolute Gasteiger partial charge is 0.496 e. The molecule has 0 aliphatic heterocycles. The van der Waals surface area contributed by atoms with Crippen LogP contribution in [0.15, 0.2) is 28.9 Å². The molecule has 0 spiro atoms. The first-order valence-corrected chi connectivity index (χ1v) is 5.11. The van der Waals surface area contributed by atoms with Crippen molar-refractivity contribution in [2.75, 3.05) is 7.11 Å². The van der Waals surface area contributed by atoms with Crippen molar-refractivity contribution in [1.29, 1.82) is 0 Å². The molecule has 3 heteroatoms. The first-order valence-electron chi connectivity index (χ1n) is 4.32. The fourth-order valence-corrected chi connectivity index (χ4v) is 2.11. The second-order valence-corrected chi connectivity index (χ2v) is 3.93. The molecule has 0 N–H and O–H groups in total. The van der Waals surface area contributed by atoms with E-state index in [1.165, 1.54) is 5.56 Å². The lowest BCUT2D eigenvalue weighted by atomic mass is 10.1. The van der Waals surface area contributed by atoms with E-state index in [9.17, 15) is 0 Å². The van der Waals surface area contributed by atoms with Crippen LogP contribution in [0, 0.1) is 6.92 Å². The maximum atomic E-state index is 5.29. The van der Waals surface area contributed by atoms with Gasteiger partial charge in [0.1, 0.15) is 10.4 Å². The molecule has 2 nitrogen and oxygen atoms in total.